The Balaban J connectivity index is 3.19. The molecule has 0 aliphatic rings. The third-order valence-corrected chi connectivity index (χ3v) is 3.59. The highest BCUT2D eigenvalue weighted by Crippen LogP contribution is 2.32. The zero-order chi connectivity index (χ0) is 10.9. The van der Waals surface area contributed by atoms with Crippen LogP contribution in [0.1, 0.15) is 11.1 Å². The zero-order valence-corrected chi connectivity index (χ0v) is 10.4. The molecule has 0 aliphatic carbocycles. The standard InChI is InChI=1S/C8H8BrClO3S/c1-5-2-3-6(4-14(10,12)13)7(9)8(5)11/h2-3,11H,4H2,1H3. The maximum absolute atomic E-state index is 10.8. The summed E-state index contributed by atoms with van der Waals surface area (Å²) in [5, 5.41) is 9.50. The zero-order valence-electron chi connectivity index (χ0n) is 7.29. The van der Waals surface area contributed by atoms with E-state index in [0.29, 0.717) is 15.6 Å². The van der Waals surface area contributed by atoms with Gasteiger partial charge >= 0.3 is 0 Å². The molecule has 0 atom stereocenters. The van der Waals surface area contributed by atoms with E-state index >= 15 is 0 Å². The van der Waals surface area contributed by atoms with Crippen molar-refractivity contribution in [3.8, 4) is 5.75 Å². The number of hydrogen-bond donors (Lipinski definition) is 1. The summed E-state index contributed by atoms with van der Waals surface area (Å²) >= 11 is 3.11. The molecule has 3 nitrogen and oxygen atoms in total. The Morgan fingerprint density at radius 2 is 2.07 bits per heavy atom. The fourth-order valence-corrected chi connectivity index (χ4v) is 2.74. The van der Waals surface area contributed by atoms with Crippen LogP contribution in [0.3, 0.4) is 0 Å². The minimum absolute atomic E-state index is 0.0443. The molecule has 0 fully saturated rings. The quantitative estimate of drug-likeness (QED) is 0.854. The van der Waals surface area contributed by atoms with Crippen molar-refractivity contribution in [1.82, 2.24) is 0 Å². The van der Waals surface area contributed by atoms with Crippen LogP contribution in [0.25, 0.3) is 0 Å². The van der Waals surface area contributed by atoms with Crippen molar-refractivity contribution in [3.05, 3.63) is 27.7 Å². The van der Waals surface area contributed by atoms with Crippen LogP contribution < -0.4 is 0 Å². The molecule has 1 aromatic carbocycles. The Labute approximate surface area is 95.3 Å². The first kappa shape index (κ1) is 11.8. The van der Waals surface area contributed by atoms with Gasteiger partial charge in [-0.05, 0) is 34.0 Å². The van der Waals surface area contributed by atoms with Crippen LogP contribution in [-0.2, 0) is 14.8 Å². The van der Waals surface area contributed by atoms with Gasteiger partial charge in [-0.2, -0.15) is 0 Å². The molecule has 0 spiro atoms. The fraction of sp³-hybridized carbons (Fsp3) is 0.250. The predicted molar refractivity (Wildman–Crippen MR) is 59.0 cm³/mol. The van der Waals surface area contributed by atoms with Crippen LogP contribution in [-0.4, -0.2) is 13.5 Å². The van der Waals surface area contributed by atoms with E-state index in [4.69, 9.17) is 10.7 Å². The molecule has 0 saturated carbocycles. The van der Waals surface area contributed by atoms with E-state index in [9.17, 15) is 13.5 Å². The highest BCUT2D eigenvalue weighted by molar-refractivity contribution is 9.10. The molecule has 0 bridgehead atoms. The molecule has 0 heterocycles. The molecule has 0 saturated heterocycles. The van der Waals surface area contributed by atoms with Crippen molar-refractivity contribution in [2.45, 2.75) is 12.7 Å². The lowest BCUT2D eigenvalue weighted by Gasteiger charge is -2.06. The first-order valence-electron chi connectivity index (χ1n) is 3.70. The molecule has 6 heteroatoms. The van der Waals surface area contributed by atoms with Crippen molar-refractivity contribution in [2.75, 3.05) is 0 Å². The van der Waals surface area contributed by atoms with Crippen molar-refractivity contribution in [1.29, 1.82) is 0 Å². The lowest BCUT2D eigenvalue weighted by molar-refractivity contribution is 0.467. The van der Waals surface area contributed by atoms with Crippen LogP contribution in [0, 0.1) is 6.92 Å². The molecular formula is C8H8BrClO3S. The van der Waals surface area contributed by atoms with Gasteiger partial charge in [-0.25, -0.2) is 8.42 Å². The first-order valence-corrected chi connectivity index (χ1v) is 6.97. The van der Waals surface area contributed by atoms with Gasteiger partial charge in [-0.15, -0.1) is 0 Å². The summed E-state index contributed by atoms with van der Waals surface area (Å²) in [4.78, 5) is 0. The smallest absolute Gasteiger partial charge is 0.236 e. The van der Waals surface area contributed by atoms with Gasteiger partial charge in [0.05, 0.1) is 10.2 Å². The van der Waals surface area contributed by atoms with Crippen LogP contribution in [0.15, 0.2) is 16.6 Å². The van der Waals surface area contributed by atoms with Gasteiger partial charge in [0.1, 0.15) is 5.75 Å². The minimum Gasteiger partial charge on any atom is -0.506 e. The molecule has 0 aromatic heterocycles. The van der Waals surface area contributed by atoms with E-state index < -0.39 is 9.05 Å². The number of hydrogen-bond acceptors (Lipinski definition) is 3. The van der Waals surface area contributed by atoms with E-state index in [-0.39, 0.29) is 11.5 Å². The molecule has 1 N–H and O–H groups in total. The van der Waals surface area contributed by atoms with E-state index in [1.165, 1.54) is 0 Å². The van der Waals surface area contributed by atoms with Gasteiger partial charge in [-0.3, -0.25) is 0 Å². The number of benzene rings is 1. The van der Waals surface area contributed by atoms with Crippen LogP contribution in [0.5, 0.6) is 5.75 Å². The average Bonchev–Trinajstić information content (AvgIpc) is 2.04. The van der Waals surface area contributed by atoms with Gasteiger partial charge in [0.25, 0.3) is 0 Å². The summed E-state index contributed by atoms with van der Waals surface area (Å²) in [6.07, 6.45) is 0. The Bertz CT molecular complexity index is 456. The molecule has 14 heavy (non-hydrogen) atoms. The fourth-order valence-electron chi connectivity index (χ4n) is 1.00. The Kier molecular flexibility index (Phi) is 3.44. The molecule has 0 radical (unpaired) electrons. The van der Waals surface area contributed by atoms with E-state index in [1.54, 1.807) is 19.1 Å². The maximum atomic E-state index is 10.8. The van der Waals surface area contributed by atoms with Gasteiger partial charge in [0, 0.05) is 10.7 Å². The molecule has 1 aromatic rings. The van der Waals surface area contributed by atoms with E-state index in [2.05, 4.69) is 15.9 Å². The van der Waals surface area contributed by atoms with Gasteiger partial charge in [0.15, 0.2) is 0 Å². The number of rotatable bonds is 2. The second-order valence-electron chi connectivity index (χ2n) is 2.89. The maximum Gasteiger partial charge on any atom is 0.236 e. The van der Waals surface area contributed by atoms with E-state index in [1.807, 2.05) is 0 Å². The molecule has 78 valence electrons. The lowest BCUT2D eigenvalue weighted by atomic mass is 10.1. The third kappa shape index (κ3) is 2.87. The number of phenolic OH excluding ortho intramolecular Hbond substituents is 1. The van der Waals surface area contributed by atoms with Crippen LogP contribution in [0.2, 0.25) is 0 Å². The largest absolute Gasteiger partial charge is 0.506 e. The summed E-state index contributed by atoms with van der Waals surface area (Å²) in [5.41, 5.74) is 1.12. The predicted octanol–water partition coefficient (Wildman–Crippen LogP) is 2.53. The summed E-state index contributed by atoms with van der Waals surface area (Å²) in [6.45, 7) is 1.72. The second-order valence-corrected chi connectivity index (χ2v) is 6.46. The molecular weight excluding hydrogens is 292 g/mol. The molecule has 1 rings (SSSR count). The third-order valence-electron chi connectivity index (χ3n) is 1.73. The van der Waals surface area contributed by atoms with Crippen LogP contribution in [0.4, 0.5) is 0 Å². The monoisotopic (exact) mass is 298 g/mol. The van der Waals surface area contributed by atoms with Gasteiger partial charge < -0.3 is 5.11 Å². The van der Waals surface area contributed by atoms with E-state index in [0.717, 1.165) is 0 Å². The van der Waals surface area contributed by atoms with Crippen LogP contribution >= 0.6 is 26.6 Å². The van der Waals surface area contributed by atoms with Crippen molar-refractivity contribution in [2.24, 2.45) is 0 Å². The number of aromatic hydroxyl groups is 1. The Hall–Kier alpha value is -0.260. The molecule has 0 aliphatic heterocycles. The minimum atomic E-state index is -3.60. The van der Waals surface area contributed by atoms with Crippen molar-refractivity contribution < 1.29 is 13.5 Å². The Morgan fingerprint density at radius 1 is 1.50 bits per heavy atom. The van der Waals surface area contributed by atoms with Gasteiger partial charge in [-0.1, -0.05) is 12.1 Å². The summed E-state index contributed by atoms with van der Waals surface area (Å²) in [6, 6.07) is 3.25. The molecule has 0 amide bonds. The van der Waals surface area contributed by atoms with Gasteiger partial charge in [0.2, 0.25) is 9.05 Å². The summed E-state index contributed by atoms with van der Waals surface area (Å²) in [7, 11) is 1.50. The normalized spacial score (nSPS) is 11.6. The second kappa shape index (κ2) is 4.08. The highest BCUT2D eigenvalue weighted by Gasteiger charge is 2.13. The summed E-state index contributed by atoms with van der Waals surface area (Å²) in [5.74, 6) is -0.258. The number of aryl methyl sites for hydroxylation is 1. The lowest BCUT2D eigenvalue weighted by Crippen LogP contribution is -1.96. The number of phenols is 1. The average molecular weight is 300 g/mol. The summed E-state index contributed by atoms with van der Waals surface area (Å²) < 4.78 is 22.0. The topological polar surface area (TPSA) is 54.4 Å². The Morgan fingerprint density at radius 3 is 2.57 bits per heavy atom. The SMILES string of the molecule is Cc1ccc(CS(=O)(=O)Cl)c(Br)c1O. The molecule has 0 unspecified atom stereocenters. The number of halogens is 2. The highest BCUT2D eigenvalue weighted by atomic mass is 79.9. The van der Waals surface area contributed by atoms with Crippen molar-refractivity contribution >= 4 is 35.7 Å². The van der Waals surface area contributed by atoms with Crippen molar-refractivity contribution in [3.63, 3.8) is 0 Å². The first-order chi connectivity index (χ1) is 6.31.